The molecule has 4 saturated heterocycles. The summed E-state index contributed by atoms with van der Waals surface area (Å²) >= 11 is 0. The first-order valence-electron chi connectivity index (χ1n) is 21.0. The number of benzene rings is 4. The summed E-state index contributed by atoms with van der Waals surface area (Å²) in [5.41, 5.74) is 13.4. The van der Waals surface area contributed by atoms with Gasteiger partial charge in [-0.05, 0) is 112 Å². The van der Waals surface area contributed by atoms with E-state index in [9.17, 15) is 9.59 Å². The fourth-order valence-corrected chi connectivity index (χ4v) is 8.55. The summed E-state index contributed by atoms with van der Waals surface area (Å²) < 4.78 is 6.15. The van der Waals surface area contributed by atoms with Crippen LogP contribution in [0.5, 0.6) is 0 Å². The van der Waals surface area contributed by atoms with E-state index in [1.807, 2.05) is 78.9 Å². The van der Waals surface area contributed by atoms with Crippen molar-refractivity contribution in [2.24, 2.45) is 5.73 Å². The minimum Gasteiger partial charge on any atom is -0.371 e. The van der Waals surface area contributed by atoms with Gasteiger partial charge in [-0.25, -0.2) is 19.6 Å². The largest absolute Gasteiger partial charge is 0.371 e. The Morgan fingerprint density at radius 2 is 1.08 bits per heavy atom. The molecule has 4 aromatic carbocycles. The molecule has 5 aromatic rings. The van der Waals surface area contributed by atoms with Crippen LogP contribution in [-0.2, 0) is 4.74 Å². The summed E-state index contributed by atoms with van der Waals surface area (Å²) in [6.45, 7) is 9.54. The normalized spacial score (nSPS) is 19.6. The maximum Gasteiger partial charge on any atom is 0.323 e. The van der Waals surface area contributed by atoms with Crippen molar-refractivity contribution in [3.8, 4) is 22.6 Å². The number of hydrogen-bond acceptors (Lipinski definition) is 10. The molecular weight excluding hydrogens is 755 g/mol. The minimum atomic E-state index is -0.561. The van der Waals surface area contributed by atoms with Gasteiger partial charge in [0.15, 0.2) is 5.82 Å². The van der Waals surface area contributed by atoms with Crippen molar-refractivity contribution in [1.82, 2.24) is 19.8 Å². The molecule has 310 valence electrons. The number of carbonyl (C=O) groups excluding carboxylic acids is 2. The van der Waals surface area contributed by atoms with E-state index in [1.165, 1.54) is 4.90 Å². The number of amides is 4. The van der Waals surface area contributed by atoms with E-state index in [1.54, 1.807) is 0 Å². The van der Waals surface area contributed by atoms with Gasteiger partial charge < -0.3 is 45.6 Å². The smallest absolute Gasteiger partial charge is 0.323 e. The molecule has 5 heterocycles. The third kappa shape index (κ3) is 8.86. The number of piperazine rings is 2. The van der Waals surface area contributed by atoms with E-state index >= 15 is 0 Å². The molecule has 4 aliphatic heterocycles. The molecule has 4 amide bonds. The zero-order valence-electron chi connectivity index (χ0n) is 34.3. The Labute approximate surface area is 351 Å². The summed E-state index contributed by atoms with van der Waals surface area (Å²) in [5, 5.41) is 5.90. The monoisotopic (exact) mass is 807 g/mol. The molecule has 1 aromatic heterocycles. The number of nitrogens with two attached hydrogens (primary N) is 1. The van der Waals surface area contributed by atoms with Crippen LogP contribution in [0.2, 0.25) is 0 Å². The molecule has 4 fully saturated rings. The van der Waals surface area contributed by atoms with E-state index in [2.05, 4.69) is 73.5 Å². The van der Waals surface area contributed by atoms with E-state index in [0.717, 1.165) is 118 Å². The number of morpholine rings is 1. The summed E-state index contributed by atoms with van der Waals surface area (Å²) in [6.07, 6.45) is 2.47. The van der Waals surface area contributed by atoms with Crippen molar-refractivity contribution < 1.29 is 14.3 Å². The van der Waals surface area contributed by atoms with Gasteiger partial charge in [0, 0.05) is 105 Å². The molecule has 4 aliphatic rings. The van der Waals surface area contributed by atoms with Gasteiger partial charge in [0.1, 0.15) is 5.82 Å². The van der Waals surface area contributed by atoms with Gasteiger partial charge in [-0.3, -0.25) is 4.90 Å². The highest BCUT2D eigenvalue weighted by molar-refractivity contribution is 6.00. The molecule has 0 saturated carbocycles. The third-order valence-electron chi connectivity index (χ3n) is 12.1. The number of rotatable bonds is 9. The zero-order valence-corrected chi connectivity index (χ0v) is 34.3. The SMILES string of the molecule is CN1CCN(c2ccc(NC(=O)Nc3ccc(-c4nc(-c5ccc(N(C(N)=O)c6ccc(N7CCN(C)CC7)cc6)cc5)cc(N5CC6CCC(C5)O6)n4)cc3)cc2)CC1. The number of nitrogens with one attached hydrogen (secondary N) is 2. The molecular formula is C46H53N11O3. The number of primary amides is 1. The summed E-state index contributed by atoms with van der Waals surface area (Å²) in [6, 6.07) is 32.5. The highest BCUT2D eigenvalue weighted by Crippen LogP contribution is 2.34. The Hall–Kier alpha value is -6.22. The number of carbonyl (C=O) groups is 2. The van der Waals surface area contributed by atoms with Crippen molar-refractivity contribution in [2.75, 3.05) is 110 Å². The number of anilines is 7. The predicted molar refractivity (Wildman–Crippen MR) is 240 cm³/mol. The van der Waals surface area contributed by atoms with Gasteiger partial charge in [-0.1, -0.05) is 12.1 Å². The molecule has 0 aliphatic carbocycles. The molecule has 60 heavy (non-hydrogen) atoms. The van der Waals surface area contributed by atoms with Gasteiger partial charge >= 0.3 is 12.1 Å². The Bertz CT molecular complexity index is 2260. The second kappa shape index (κ2) is 17.2. The first-order chi connectivity index (χ1) is 29.2. The maximum atomic E-state index is 13.0. The molecule has 0 spiro atoms. The van der Waals surface area contributed by atoms with Gasteiger partial charge in [-0.15, -0.1) is 0 Å². The van der Waals surface area contributed by atoms with E-state index < -0.39 is 6.03 Å². The second-order valence-corrected chi connectivity index (χ2v) is 16.3. The van der Waals surface area contributed by atoms with Crippen LogP contribution in [0.25, 0.3) is 22.6 Å². The van der Waals surface area contributed by atoms with Crippen molar-refractivity contribution in [3.63, 3.8) is 0 Å². The lowest BCUT2D eigenvalue weighted by atomic mass is 10.1. The van der Waals surface area contributed by atoms with Crippen LogP contribution in [-0.4, -0.2) is 124 Å². The molecule has 2 bridgehead atoms. The Balaban J connectivity index is 0.917. The summed E-state index contributed by atoms with van der Waals surface area (Å²) in [5.74, 6) is 1.40. The lowest BCUT2D eigenvalue weighted by Crippen LogP contribution is -2.44. The van der Waals surface area contributed by atoms with Crippen LogP contribution in [0.3, 0.4) is 0 Å². The Morgan fingerprint density at radius 3 is 1.60 bits per heavy atom. The van der Waals surface area contributed by atoms with Crippen molar-refractivity contribution >= 4 is 52.0 Å². The van der Waals surface area contributed by atoms with Crippen LogP contribution in [0.1, 0.15) is 12.8 Å². The van der Waals surface area contributed by atoms with E-state index in [4.69, 9.17) is 20.4 Å². The number of fused-ring (bicyclic) bond motifs is 2. The number of urea groups is 2. The molecule has 4 N–H and O–H groups in total. The lowest BCUT2D eigenvalue weighted by Gasteiger charge is -2.34. The van der Waals surface area contributed by atoms with Crippen molar-refractivity contribution in [1.29, 1.82) is 0 Å². The number of aromatic nitrogens is 2. The van der Waals surface area contributed by atoms with Gasteiger partial charge in [-0.2, -0.15) is 0 Å². The molecule has 14 nitrogen and oxygen atoms in total. The van der Waals surface area contributed by atoms with Gasteiger partial charge in [0.25, 0.3) is 0 Å². The average molecular weight is 808 g/mol. The minimum absolute atomic E-state index is 0.187. The first kappa shape index (κ1) is 39.3. The average Bonchev–Trinajstić information content (AvgIpc) is 3.61. The predicted octanol–water partition coefficient (Wildman–Crippen LogP) is 6.54. The molecule has 0 radical (unpaired) electrons. The van der Waals surface area contributed by atoms with Crippen LogP contribution >= 0.6 is 0 Å². The first-order valence-corrected chi connectivity index (χ1v) is 21.0. The molecule has 14 heteroatoms. The summed E-state index contributed by atoms with van der Waals surface area (Å²) in [4.78, 5) is 49.2. The maximum absolute atomic E-state index is 13.0. The molecule has 2 atom stereocenters. The topological polar surface area (TPSA) is 139 Å². The molecule has 2 unspecified atom stereocenters. The number of nitrogens with zero attached hydrogens (tertiary/aromatic N) is 8. The lowest BCUT2D eigenvalue weighted by molar-refractivity contribution is 0.0302. The Morgan fingerprint density at radius 1 is 0.617 bits per heavy atom. The number of likely N-dealkylation sites (N-methyl/N-ethyl adjacent to an activating group) is 2. The van der Waals surface area contributed by atoms with Gasteiger partial charge in [0.2, 0.25) is 0 Å². The van der Waals surface area contributed by atoms with Crippen LogP contribution in [0, 0.1) is 0 Å². The fraction of sp³-hybridized carbons (Fsp3) is 0.348. The van der Waals surface area contributed by atoms with E-state index in [-0.39, 0.29) is 18.2 Å². The van der Waals surface area contributed by atoms with E-state index in [0.29, 0.717) is 22.9 Å². The van der Waals surface area contributed by atoms with Crippen LogP contribution in [0.4, 0.5) is 49.5 Å². The second-order valence-electron chi connectivity index (χ2n) is 16.3. The highest BCUT2D eigenvalue weighted by atomic mass is 16.5. The van der Waals surface area contributed by atoms with Gasteiger partial charge in [0.05, 0.1) is 29.3 Å². The van der Waals surface area contributed by atoms with Crippen molar-refractivity contribution in [2.45, 2.75) is 25.0 Å². The quantitative estimate of drug-likeness (QED) is 0.151. The zero-order chi connectivity index (χ0) is 41.2. The van der Waals surface area contributed by atoms with Crippen LogP contribution < -0.4 is 36.0 Å². The van der Waals surface area contributed by atoms with Crippen LogP contribution in [0.15, 0.2) is 103 Å². The Kier molecular flexibility index (Phi) is 11.2. The fourth-order valence-electron chi connectivity index (χ4n) is 8.55. The van der Waals surface area contributed by atoms with Crippen molar-refractivity contribution in [3.05, 3.63) is 103 Å². The third-order valence-corrected chi connectivity index (χ3v) is 12.1. The highest BCUT2D eigenvalue weighted by Gasteiger charge is 2.34. The number of ether oxygens (including phenoxy) is 1. The molecule has 9 rings (SSSR count). The standard InChI is InChI=1S/C46H53N11O3/c1-52-21-25-54(26-22-52)36-13-9-35(10-14-36)49-46(59)48-34-7-3-33(4-8-34)44-50-42(29-43(51-44)56-30-40-19-20-41(31-56)60-40)32-5-11-38(12-6-32)57(45(47)58)39-17-15-37(16-18-39)55-27-23-53(2)24-28-55/h3-18,29,40-41H,19-28,30-31H2,1-2H3,(H2,47,58)(H2,48,49,59). The summed E-state index contributed by atoms with van der Waals surface area (Å²) in [7, 11) is 4.29. The number of hydrogen-bond donors (Lipinski definition) is 3.